The van der Waals surface area contributed by atoms with Crippen LogP contribution in [-0.2, 0) is 19.5 Å². The lowest BCUT2D eigenvalue weighted by atomic mass is 10.2. The number of rotatable bonds is 6. The molecule has 0 bridgehead atoms. The normalized spacial score (nSPS) is 11.4. The molecule has 1 aromatic heterocycles. The van der Waals surface area contributed by atoms with Gasteiger partial charge in [-0.15, -0.1) is 11.3 Å². The zero-order valence-corrected chi connectivity index (χ0v) is 15.1. The van der Waals surface area contributed by atoms with Crippen LogP contribution in [-0.4, -0.2) is 32.1 Å². The zero-order chi connectivity index (χ0) is 16.7. The molecule has 0 amide bonds. The van der Waals surface area contributed by atoms with Crippen LogP contribution in [0.25, 0.3) is 0 Å². The van der Waals surface area contributed by atoms with E-state index in [0.29, 0.717) is 6.54 Å². The van der Waals surface area contributed by atoms with E-state index in [0.717, 1.165) is 23.9 Å². The van der Waals surface area contributed by atoms with E-state index in [1.807, 2.05) is 20.3 Å². The van der Waals surface area contributed by atoms with Gasteiger partial charge in [0.25, 0.3) is 0 Å². The molecule has 0 aliphatic rings. The molecule has 2 aromatic rings. The van der Waals surface area contributed by atoms with Crippen LogP contribution in [0.15, 0.2) is 35.5 Å². The van der Waals surface area contributed by atoms with Crippen LogP contribution in [0.3, 0.4) is 0 Å². The predicted molar refractivity (Wildman–Crippen MR) is 99.3 cm³/mol. The van der Waals surface area contributed by atoms with Crippen molar-refractivity contribution >= 4 is 23.0 Å². The van der Waals surface area contributed by atoms with Gasteiger partial charge in [-0.2, -0.15) is 0 Å². The molecule has 0 fully saturated rings. The summed E-state index contributed by atoms with van der Waals surface area (Å²) in [5.41, 5.74) is 2.42. The van der Waals surface area contributed by atoms with Crippen molar-refractivity contribution in [1.82, 2.24) is 15.6 Å². The molecule has 0 aliphatic heterocycles. The number of hydrogen-bond acceptors (Lipinski definition) is 4. The first kappa shape index (κ1) is 17.3. The number of thiazole rings is 1. The molecule has 0 unspecified atom stereocenters. The number of nitrogens with zero attached hydrogens (tertiary/aromatic N) is 3. The molecule has 5 nitrogen and oxygen atoms in total. The van der Waals surface area contributed by atoms with Crippen molar-refractivity contribution in [3.8, 4) is 0 Å². The highest BCUT2D eigenvalue weighted by Gasteiger charge is 2.03. The van der Waals surface area contributed by atoms with Crippen LogP contribution in [0, 0.1) is 0 Å². The van der Waals surface area contributed by atoms with Crippen LogP contribution in [0.1, 0.15) is 22.4 Å². The SMILES string of the molecule is CCc1cnc(CNC(=NC)NCc2ccc(N(C)C)cc2)s1. The van der Waals surface area contributed by atoms with Crippen LogP contribution < -0.4 is 15.5 Å². The number of aryl methyl sites for hydroxylation is 1. The van der Waals surface area contributed by atoms with E-state index in [-0.39, 0.29) is 0 Å². The van der Waals surface area contributed by atoms with Gasteiger partial charge in [-0.3, -0.25) is 4.99 Å². The Balaban J connectivity index is 1.82. The fraction of sp³-hybridized carbons (Fsp3) is 0.412. The predicted octanol–water partition coefficient (Wildman–Crippen LogP) is 2.64. The molecule has 0 radical (unpaired) electrons. The first-order valence-corrected chi connectivity index (χ1v) is 8.58. The molecule has 0 saturated carbocycles. The van der Waals surface area contributed by atoms with E-state index in [4.69, 9.17) is 0 Å². The molecule has 2 N–H and O–H groups in total. The molecule has 0 saturated heterocycles. The number of anilines is 1. The van der Waals surface area contributed by atoms with E-state index in [1.165, 1.54) is 16.1 Å². The highest BCUT2D eigenvalue weighted by Crippen LogP contribution is 2.13. The summed E-state index contributed by atoms with van der Waals surface area (Å²) in [6.45, 7) is 3.59. The first-order valence-electron chi connectivity index (χ1n) is 7.76. The Bertz CT molecular complexity index is 631. The molecule has 6 heteroatoms. The third-order valence-electron chi connectivity index (χ3n) is 3.49. The largest absolute Gasteiger partial charge is 0.378 e. The lowest BCUT2D eigenvalue weighted by Crippen LogP contribution is -2.36. The Morgan fingerprint density at radius 2 is 1.87 bits per heavy atom. The number of nitrogens with one attached hydrogen (secondary N) is 2. The average Bonchev–Trinajstić information content (AvgIpc) is 3.03. The van der Waals surface area contributed by atoms with Crippen LogP contribution in [0.5, 0.6) is 0 Å². The lowest BCUT2D eigenvalue weighted by molar-refractivity contribution is 0.805. The topological polar surface area (TPSA) is 52.6 Å². The minimum Gasteiger partial charge on any atom is -0.378 e. The Hall–Kier alpha value is -2.08. The molecular weight excluding hydrogens is 306 g/mol. The summed E-state index contributed by atoms with van der Waals surface area (Å²) >= 11 is 1.74. The average molecular weight is 331 g/mol. The molecular formula is C17H25N5S. The van der Waals surface area contributed by atoms with Crippen molar-refractivity contribution in [1.29, 1.82) is 0 Å². The summed E-state index contributed by atoms with van der Waals surface area (Å²) < 4.78 is 0. The quantitative estimate of drug-likeness (QED) is 0.631. The summed E-state index contributed by atoms with van der Waals surface area (Å²) in [7, 11) is 5.87. The smallest absolute Gasteiger partial charge is 0.191 e. The van der Waals surface area contributed by atoms with Gasteiger partial charge >= 0.3 is 0 Å². The Kier molecular flexibility index (Phi) is 6.40. The molecule has 0 aliphatic carbocycles. The van der Waals surface area contributed by atoms with Crippen LogP contribution in [0.4, 0.5) is 5.69 Å². The van der Waals surface area contributed by atoms with Gasteiger partial charge in [0.15, 0.2) is 5.96 Å². The molecule has 23 heavy (non-hydrogen) atoms. The van der Waals surface area contributed by atoms with Crippen molar-refractivity contribution in [2.45, 2.75) is 26.4 Å². The van der Waals surface area contributed by atoms with Gasteiger partial charge in [0.1, 0.15) is 5.01 Å². The summed E-state index contributed by atoms with van der Waals surface area (Å²) in [6.07, 6.45) is 2.98. The highest BCUT2D eigenvalue weighted by molar-refractivity contribution is 7.11. The Morgan fingerprint density at radius 3 is 2.43 bits per heavy atom. The minimum atomic E-state index is 0.698. The molecule has 0 atom stereocenters. The number of hydrogen-bond donors (Lipinski definition) is 2. The third-order valence-corrected chi connectivity index (χ3v) is 4.63. The van der Waals surface area contributed by atoms with Crippen molar-refractivity contribution in [2.24, 2.45) is 4.99 Å². The van der Waals surface area contributed by atoms with Gasteiger partial charge in [0.2, 0.25) is 0 Å². The zero-order valence-electron chi connectivity index (χ0n) is 14.3. The van der Waals surface area contributed by atoms with Gasteiger partial charge in [0, 0.05) is 44.4 Å². The van der Waals surface area contributed by atoms with Gasteiger partial charge in [0.05, 0.1) is 6.54 Å². The number of aromatic nitrogens is 1. The van der Waals surface area contributed by atoms with E-state index in [9.17, 15) is 0 Å². The number of aliphatic imine (C=N–C) groups is 1. The monoisotopic (exact) mass is 331 g/mol. The maximum atomic E-state index is 4.41. The molecule has 0 spiro atoms. The van der Waals surface area contributed by atoms with E-state index < -0.39 is 0 Å². The summed E-state index contributed by atoms with van der Waals surface area (Å²) in [4.78, 5) is 12.1. The second-order valence-corrected chi connectivity index (χ2v) is 6.61. The molecule has 1 heterocycles. The number of guanidine groups is 1. The first-order chi connectivity index (χ1) is 11.1. The molecule has 1 aromatic carbocycles. The second kappa shape index (κ2) is 8.53. The maximum absolute atomic E-state index is 4.41. The van der Waals surface area contributed by atoms with Gasteiger partial charge in [-0.05, 0) is 24.1 Å². The summed E-state index contributed by atoms with van der Waals surface area (Å²) in [5, 5.41) is 7.71. The van der Waals surface area contributed by atoms with Gasteiger partial charge < -0.3 is 15.5 Å². The summed E-state index contributed by atoms with van der Waals surface area (Å²) in [5.74, 6) is 0.787. The standard InChI is InChI=1S/C17H25N5S/c1-5-15-11-19-16(23-15)12-21-17(18-2)20-10-13-6-8-14(9-7-13)22(3)4/h6-9,11H,5,10,12H2,1-4H3,(H2,18,20,21). The second-order valence-electron chi connectivity index (χ2n) is 5.41. The molecule has 124 valence electrons. The number of benzene rings is 1. The fourth-order valence-corrected chi connectivity index (χ4v) is 2.87. The lowest BCUT2D eigenvalue weighted by Gasteiger charge is -2.14. The minimum absolute atomic E-state index is 0.698. The highest BCUT2D eigenvalue weighted by atomic mass is 32.1. The fourth-order valence-electron chi connectivity index (χ4n) is 2.07. The Morgan fingerprint density at radius 1 is 1.17 bits per heavy atom. The summed E-state index contributed by atoms with van der Waals surface area (Å²) in [6, 6.07) is 8.50. The van der Waals surface area contributed by atoms with Crippen molar-refractivity contribution in [2.75, 3.05) is 26.0 Å². The third kappa shape index (κ3) is 5.25. The van der Waals surface area contributed by atoms with Crippen molar-refractivity contribution in [3.05, 3.63) is 45.9 Å². The van der Waals surface area contributed by atoms with Crippen LogP contribution in [0.2, 0.25) is 0 Å². The van der Waals surface area contributed by atoms with Crippen LogP contribution >= 0.6 is 11.3 Å². The van der Waals surface area contributed by atoms with E-state index >= 15 is 0 Å². The van der Waals surface area contributed by atoms with Gasteiger partial charge in [-0.25, -0.2) is 4.98 Å². The molecule has 2 rings (SSSR count). The van der Waals surface area contributed by atoms with Crippen molar-refractivity contribution < 1.29 is 0 Å². The Labute approximate surface area is 142 Å². The van der Waals surface area contributed by atoms with Crippen molar-refractivity contribution in [3.63, 3.8) is 0 Å². The van der Waals surface area contributed by atoms with E-state index in [1.54, 1.807) is 18.4 Å². The van der Waals surface area contributed by atoms with E-state index in [2.05, 4.69) is 56.7 Å². The maximum Gasteiger partial charge on any atom is 0.191 e. The van der Waals surface area contributed by atoms with Gasteiger partial charge in [-0.1, -0.05) is 19.1 Å².